The van der Waals surface area contributed by atoms with E-state index in [4.69, 9.17) is 15.2 Å². The lowest BCUT2D eigenvalue weighted by molar-refractivity contribution is 0.0928. The fraction of sp³-hybridized carbons (Fsp3) is 0.588. The molecule has 6 heteroatoms. The highest BCUT2D eigenvalue weighted by atomic mass is 35.5. The number of halogens is 1. The van der Waals surface area contributed by atoms with Crippen molar-refractivity contribution >= 4 is 18.3 Å². The van der Waals surface area contributed by atoms with Crippen LogP contribution < -0.4 is 20.5 Å². The van der Waals surface area contributed by atoms with Crippen LogP contribution in [0.5, 0.6) is 11.5 Å². The lowest BCUT2D eigenvalue weighted by atomic mass is 10.0. The zero-order chi connectivity index (χ0) is 15.9. The summed E-state index contributed by atoms with van der Waals surface area (Å²) >= 11 is 0. The lowest BCUT2D eigenvalue weighted by Crippen LogP contribution is -2.39. The van der Waals surface area contributed by atoms with Crippen molar-refractivity contribution in [2.45, 2.75) is 39.2 Å². The van der Waals surface area contributed by atoms with E-state index in [1.807, 2.05) is 13.8 Å². The fourth-order valence-electron chi connectivity index (χ4n) is 2.95. The van der Waals surface area contributed by atoms with Gasteiger partial charge in [0, 0.05) is 11.6 Å². The van der Waals surface area contributed by atoms with Gasteiger partial charge in [-0.25, -0.2) is 0 Å². The van der Waals surface area contributed by atoms with Crippen molar-refractivity contribution in [3.05, 3.63) is 23.8 Å². The van der Waals surface area contributed by atoms with Crippen molar-refractivity contribution in [3.63, 3.8) is 0 Å². The average molecular weight is 343 g/mol. The predicted molar refractivity (Wildman–Crippen MR) is 93.7 cm³/mol. The summed E-state index contributed by atoms with van der Waals surface area (Å²) in [5.74, 6) is 1.59. The third-order valence-electron chi connectivity index (χ3n) is 4.08. The van der Waals surface area contributed by atoms with Crippen LogP contribution in [0.25, 0.3) is 0 Å². The Hall–Kier alpha value is -1.46. The number of nitrogens with one attached hydrogen (secondary N) is 1. The summed E-state index contributed by atoms with van der Waals surface area (Å²) in [5, 5.41) is 3.10. The first kappa shape index (κ1) is 19.6. The Morgan fingerprint density at radius 2 is 1.91 bits per heavy atom. The highest BCUT2D eigenvalue weighted by Crippen LogP contribution is 2.29. The highest BCUT2D eigenvalue weighted by molar-refractivity contribution is 5.95. The van der Waals surface area contributed by atoms with E-state index < -0.39 is 0 Å². The van der Waals surface area contributed by atoms with Gasteiger partial charge in [0.1, 0.15) is 0 Å². The molecule has 0 radical (unpaired) electrons. The van der Waals surface area contributed by atoms with Gasteiger partial charge >= 0.3 is 0 Å². The molecule has 1 saturated carbocycles. The number of carbonyl (C=O) groups is 1. The van der Waals surface area contributed by atoms with Crippen molar-refractivity contribution in [2.24, 2.45) is 11.7 Å². The molecule has 1 aromatic rings. The Kier molecular flexibility index (Phi) is 8.20. The number of hydrogen-bond donors (Lipinski definition) is 2. The quantitative estimate of drug-likeness (QED) is 0.799. The van der Waals surface area contributed by atoms with Crippen molar-refractivity contribution < 1.29 is 14.3 Å². The van der Waals surface area contributed by atoms with Crippen LogP contribution in [0.2, 0.25) is 0 Å². The van der Waals surface area contributed by atoms with Crippen LogP contribution >= 0.6 is 12.4 Å². The smallest absolute Gasteiger partial charge is 0.251 e. The molecular weight excluding hydrogens is 316 g/mol. The summed E-state index contributed by atoms with van der Waals surface area (Å²) in [5.41, 5.74) is 6.36. The topological polar surface area (TPSA) is 73.6 Å². The maximum Gasteiger partial charge on any atom is 0.251 e. The minimum atomic E-state index is -0.0747. The van der Waals surface area contributed by atoms with E-state index in [0.717, 1.165) is 19.3 Å². The number of amides is 1. The Labute approximate surface area is 144 Å². The molecule has 1 aliphatic rings. The van der Waals surface area contributed by atoms with Crippen LogP contribution in [-0.4, -0.2) is 31.7 Å². The van der Waals surface area contributed by atoms with Gasteiger partial charge in [0.15, 0.2) is 11.5 Å². The van der Waals surface area contributed by atoms with E-state index in [-0.39, 0.29) is 24.4 Å². The van der Waals surface area contributed by atoms with Crippen molar-refractivity contribution in [3.8, 4) is 11.5 Å². The molecule has 0 heterocycles. The maximum atomic E-state index is 12.4. The molecule has 0 aliphatic heterocycles. The van der Waals surface area contributed by atoms with E-state index in [0.29, 0.717) is 42.7 Å². The fourth-order valence-corrected chi connectivity index (χ4v) is 2.95. The van der Waals surface area contributed by atoms with Crippen molar-refractivity contribution in [1.29, 1.82) is 0 Å². The zero-order valence-corrected chi connectivity index (χ0v) is 14.7. The largest absolute Gasteiger partial charge is 0.490 e. The van der Waals surface area contributed by atoms with Crippen LogP contribution in [0.15, 0.2) is 18.2 Å². The minimum absolute atomic E-state index is 0. The standard InChI is InChI=1S/C17H26N2O3.ClH/c1-3-21-15-9-8-12(10-16(15)22-4-2)17(20)19-14-7-5-6-13(14)11-18;/h8-10,13-14H,3-7,11,18H2,1-2H3,(H,19,20);1H. The van der Waals surface area contributed by atoms with E-state index in [1.54, 1.807) is 18.2 Å². The van der Waals surface area contributed by atoms with Gasteiger partial charge in [0.25, 0.3) is 5.91 Å². The molecule has 0 spiro atoms. The average Bonchev–Trinajstić information content (AvgIpc) is 2.96. The molecule has 0 bridgehead atoms. The minimum Gasteiger partial charge on any atom is -0.490 e. The van der Waals surface area contributed by atoms with Gasteiger partial charge in [-0.2, -0.15) is 0 Å². The van der Waals surface area contributed by atoms with Gasteiger partial charge in [-0.15, -0.1) is 12.4 Å². The van der Waals surface area contributed by atoms with Crippen LogP contribution in [0.3, 0.4) is 0 Å². The summed E-state index contributed by atoms with van der Waals surface area (Å²) in [6.07, 6.45) is 3.22. The summed E-state index contributed by atoms with van der Waals surface area (Å²) in [4.78, 5) is 12.4. The second kappa shape index (κ2) is 9.63. The Balaban J connectivity index is 0.00000264. The monoisotopic (exact) mass is 342 g/mol. The van der Waals surface area contributed by atoms with E-state index in [2.05, 4.69) is 5.32 Å². The summed E-state index contributed by atoms with van der Waals surface area (Å²) in [7, 11) is 0. The number of nitrogens with two attached hydrogens (primary N) is 1. The van der Waals surface area contributed by atoms with E-state index in [1.165, 1.54) is 0 Å². The Morgan fingerprint density at radius 1 is 1.22 bits per heavy atom. The summed E-state index contributed by atoms with van der Waals surface area (Å²) in [6, 6.07) is 5.49. The molecule has 3 N–H and O–H groups in total. The first-order valence-electron chi connectivity index (χ1n) is 8.10. The summed E-state index contributed by atoms with van der Waals surface area (Å²) in [6.45, 7) is 5.55. The van der Waals surface area contributed by atoms with Crippen LogP contribution in [0.4, 0.5) is 0 Å². The number of hydrogen-bond acceptors (Lipinski definition) is 4. The van der Waals surface area contributed by atoms with Gasteiger partial charge in [0.2, 0.25) is 0 Å². The van der Waals surface area contributed by atoms with Crippen molar-refractivity contribution in [1.82, 2.24) is 5.32 Å². The van der Waals surface area contributed by atoms with Crippen molar-refractivity contribution in [2.75, 3.05) is 19.8 Å². The second-order valence-electron chi connectivity index (χ2n) is 5.53. The van der Waals surface area contributed by atoms with Crippen LogP contribution in [0, 0.1) is 5.92 Å². The van der Waals surface area contributed by atoms with Gasteiger partial charge in [0.05, 0.1) is 13.2 Å². The maximum absolute atomic E-state index is 12.4. The van der Waals surface area contributed by atoms with E-state index in [9.17, 15) is 4.79 Å². The van der Waals surface area contributed by atoms with Crippen LogP contribution in [0.1, 0.15) is 43.5 Å². The number of carbonyl (C=O) groups excluding carboxylic acids is 1. The number of ether oxygens (including phenoxy) is 2. The molecule has 2 rings (SSSR count). The molecule has 1 amide bonds. The second-order valence-corrected chi connectivity index (χ2v) is 5.53. The molecule has 0 aromatic heterocycles. The van der Waals surface area contributed by atoms with Gasteiger partial charge in [-0.3, -0.25) is 4.79 Å². The van der Waals surface area contributed by atoms with E-state index >= 15 is 0 Å². The Morgan fingerprint density at radius 3 is 2.57 bits per heavy atom. The molecule has 1 aromatic carbocycles. The van der Waals surface area contributed by atoms with Gasteiger partial charge in [-0.1, -0.05) is 6.42 Å². The zero-order valence-electron chi connectivity index (χ0n) is 13.8. The molecule has 1 fully saturated rings. The highest BCUT2D eigenvalue weighted by Gasteiger charge is 2.27. The molecule has 0 saturated heterocycles. The Bertz CT molecular complexity index is 511. The first-order chi connectivity index (χ1) is 10.7. The predicted octanol–water partition coefficient (Wildman–Crippen LogP) is 2.76. The SMILES string of the molecule is CCOc1ccc(C(=O)NC2CCCC2CN)cc1OCC.Cl. The normalized spacial score (nSPS) is 19.8. The van der Waals surface area contributed by atoms with Crippen LogP contribution in [-0.2, 0) is 0 Å². The number of benzene rings is 1. The molecule has 1 aliphatic carbocycles. The first-order valence-corrected chi connectivity index (χ1v) is 8.10. The molecule has 2 unspecified atom stereocenters. The third kappa shape index (κ3) is 5.01. The third-order valence-corrected chi connectivity index (χ3v) is 4.08. The van der Waals surface area contributed by atoms with Gasteiger partial charge < -0.3 is 20.5 Å². The molecular formula is C17H27ClN2O3. The lowest BCUT2D eigenvalue weighted by Gasteiger charge is -2.20. The molecule has 2 atom stereocenters. The molecule has 130 valence electrons. The molecule has 5 nitrogen and oxygen atoms in total. The van der Waals surface area contributed by atoms with Gasteiger partial charge in [-0.05, 0) is 57.4 Å². The molecule has 23 heavy (non-hydrogen) atoms. The number of rotatable bonds is 7. The summed E-state index contributed by atoms with van der Waals surface area (Å²) < 4.78 is 11.1.